The van der Waals surface area contributed by atoms with Gasteiger partial charge in [0.15, 0.2) is 5.60 Å². The van der Waals surface area contributed by atoms with Crippen LogP contribution in [0.1, 0.15) is 52.4 Å². The lowest BCUT2D eigenvalue weighted by Gasteiger charge is -2.36. The average Bonchev–Trinajstić information content (AvgIpc) is 2.67. The van der Waals surface area contributed by atoms with Gasteiger partial charge in [-0.05, 0) is 38.6 Å². The number of likely N-dealkylation sites (N-methyl/N-ethyl adjacent to an activating group) is 1. The molecule has 0 radical (unpaired) electrons. The average molecular weight is 461 g/mol. The summed E-state index contributed by atoms with van der Waals surface area (Å²) in [5.41, 5.74) is -2.00. The molecule has 0 aliphatic rings. The Morgan fingerprint density at radius 1 is 0.875 bits per heavy atom. The van der Waals surface area contributed by atoms with Crippen LogP contribution in [0, 0.1) is 5.92 Å². The molecule has 0 aromatic heterocycles. The lowest BCUT2D eigenvalue weighted by Crippen LogP contribution is -2.54. The number of Topliss-reactive ketones (excluding diaryl/α,β-unsaturated/α-hetero) is 2. The quantitative estimate of drug-likeness (QED) is 0.163. The minimum absolute atomic E-state index is 0.00563. The van der Waals surface area contributed by atoms with Crippen molar-refractivity contribution in [2.24, 2.45) is 5.92 Å². The maximum Gasteiger partial charge on any atom is 0.372 e. The van der Waals surface area contributed by atoms with Gasteiger partial charge in [-0.2, -0.15) is 0 Å². The van der Waals surface area contributed by atoms with Crippen molar-refractivity contribution in [3.63, 3.8) is 0 Å². The van der Waals surface area contributed by atoms with E-state index < -0.39 is 53.5 Å². The highest BCUT2D eigenvalue weighted by atomic mass is 16.5. The summed E-state index contributed by atoms with van der Waals surface area (Å²) in [5, 5.41) is 36.7. The molecule has 0 bridgehead atoms. The third-order valence-electron chi connectivity index (χ3n) is 4.79. The van der Waals surface area contributed by atoms with Gasteiger partial charge in [-0.1, -0.05) is 13.8 Å². The highest BCUT2D eigenvalue weighted by molar-refractivity contribution is 6.32. The summed E-state index contributed by atoms with van der Waals surface area (Å²) in [4.78, 5) is 69.0. The number of ketones is 2. The van der Waals surface area contributed by atoms with Crippen LogP contribution in [-0.2, 0) is 33.5 Å². The van der Waals surface area contributed by atoms with Gasteiger partial charge in [-0.15, -0.1) is 0 Å². The van der Waals surface area contributed by atoms with E-state index in [2.05, 4.69) is 0 Å². The normalized spacial score (nSPS) is 14.0. The van der Waals surface area contributed by atoms with E-state index in [-0.39, 0.29) is 51.2 Å². The predicted molar refractivity (Wildman–Crippen MR) is 108 cm³/mol. The van der Waals surface area contributed by atoms with Crippen LogP contribution in [-0.4, -0.2) is 92.6 Å². The topological polar surface area (TPSA) is 196 Å². The summed E-state index contributed by atoms with van der Waals surface area (Å²) in [6.45, 7) is 2.91. The fraction of sp³-hybridized carbons (Fsp3) is 0.700. The number of carbonyl (C=O) groups excluding carboxylic acids is 2. The van der Waals surface area contributed by atoms with Crippen molar-refractivity contribution in [3.8, 4) is 0 Å². The van der Waals surface area contributed by atoms with Crippen molar-refractivity contribution in [3.05, 3.63) is 0 Å². The van der Waals surface area contributed by atoms with Crippen molar-refractivity contribution in [1.29, 1.82) is 0 Å². The monoisotopic (exact) mass is 461 g/mol. The molecule has 182 valence electrons. The molecule has 0 aromatic carbocycles. The molecular formula is C20H31NO11. The van der Waals surface area contributed by atoms with E-state index in [0.29, 0.717) is 0 Å². The summed E-state index contributed by atoms with van der Waals surface area (Å²) in [6.07, 6.45) is -1.14. The Morgan fingerprint density at radius 2 is 1.38 bits per heavy atom. The first kappa shape index (κ1) is 29.1. The van der Waals surface area contributed by atoms with Crippen LogP contribution in [0.4, 0.5) is 0 Å². The molecular weight excluding hydrogens is 430 g/mol. The molecule has 0 amide bonds. The molecule has 0 spiro atoms. The van der Waals surface area contributed by atoms with Crippen molar-refractivity contribution in [1.82, 2.24) is 4.90 Å². The summed E-state index contributed by atoms with van der Waals surface area (Å²) in [5.74, 6) is -8.07. The van der Waals surface area contributed by atoms with Crippen LogP contribution < -0.4 is 0 Å². The van der Waals surface area contributed by atoms with Crippen molar-refractivity contribution < 1.29 is 53.9 Å². The highest BCUT2D eigenvalue weighted by Crippen LogP contribution is 2.25. The zero-order chi connectivity index (χ0) is 25.1. The summed E-state index contributed by atoms with van der Waals surface area (Å²) in [6, 6.07) is -1.02. The van der Waals surface area contributed by atoms with Gasteiger partial charge in [0.1, 0.15) is 6.04 Å². The number of hydrogen-bond acceptors (Lipinski definition) is 8. The first-order chi connectivity index (χ1) is 14.7. The smallest absolute Gasteiger partial charge is 0.372 e. The fourth-order valence-electron chi connectivity index (χ4n) is 3.11. The Labute approximate surface area is 185 Å². The van der Waals surface area contributed by atoms with E-state index in [1.54, 1.807) is 0 Å². The number of carbonyl (C=O) groups is 6. The molecule has 0 aliphatic carbocycles. The summed E-state index contributed by atoms with van der Waals surface area (Å²) < 4.78 is 5.53. The minimum Gasteiger partial charge on any atom is -0.480 e. The molecule has 0 aliphatic heterocycles. The van der Waals surface area contributed by atoms with Crippen LogP contribution in [0.3, 0.4) is 0 Å². The van der Waals surface area contributed by atoms with Crippen molar-refractivity contribution in [2.45, 2.75) is 64.0 Å². The van der Waals surface area contributed by atoms with E-state index in [9.17, 15) is 39.0 Å². The second-order valence-corrected chi connectivity index (χ2v) is 7.96. The largest absolute Gasteiger partial charge is 0.480 e. The molecule has 0 unspecified atom stereocenters. The number of nitrogens with zero attached hydrogens (tertiary/aromatic N) is 1. The Bertz CT molecular complexity index is 718. The maximum atomic E-state index is 12.2. The zero-order valence-electron chi connectivity index (χ0n) is 18.4. The van der Waals surface area contributed by atoms with Gasteiger partial charge < -0.3 is 25.2 Å². The van der Waals surface area contributed by atoms with E-state index in [0.717, 1.165) is 0 Å². The van der Waals surface area contributed by atoms with Crippen molar-refractivity contribution >= 4 is 35.4 Å². The predicted octanol–water partition coefficient (Wildman–Crippen LogP) is 0.515. The molecule has 0 saturated heterocycles. The Balaban J connectivity index is 5.57. The minimum atomic E-state index is -2.00. The van der Waals surface area contributed by atoms with Crippen LogP contribution >= 0.6 is 0 Å². The van der Waals surface area contributed by atoms with Crippen LogP contribution in [0.15, 0.2) is 0 Å². The second kappa shape index (κ2) is 13.5. The van der Waals surface area contributed by atoms with E-state index >= 15 is 0 Å². The Hall–Kier alpha value is -2.86. The Morgan fingerprint density at radius 3 is 1.78 bits per heavy atom. The van der Waals surface area contributed by atoms with Gasteiger partial charge in [0.25, 0.3) is 0 Å². The summed E-state index contributed by atoms with van der Waals surface area (Å²) >= 11 is 0. The van der Waals surface area contributed by atoms with Gasteiger partial charge in [-0.3, -0.25) is 19.3 Å². The highest BCUT2D eigenvalue weighted by Gasteiger charge is 2.42. The molecule has 0 fully saturated rings. The molecule has 12 nitrogen and oxygen atoms in total. The lowest BCUT2D eigenvalue weighted by molar-refractivity contribution is -0.173. The zero-order valence-corrected chi connectivity index (χ0v) is 18.4. The first-order valence-corrected chi connectivity index (χ1v) is 10.1. The van der Waals surface area contributed by atoms with Crippen LogP contribution in [0.2, 0.25) is 0 Å². The number of rotatable bonds is 18. The van der Waals surface area contributed by atoms with Crippen LogP contribution in [0.25, 0.3) is 0 Å². The van der Waals surface area contributed by atoms with E-state index in [4.69, 9.17) is 14.9 Å². The van der Waals surface area contributed by atoms with E-state index in [1.165, 1.54) is 11.9 Å². The van der Waals surface area contributed by atoms with Gasteiger partial charge >= 0.3 is 23.9 Å². The number of aliphatic carboxylic acids is 4. The molecule has 32 heavy (non-hydrogen) atoms. The first-order valence-electron chi connectivity index (χ1n) is 10.1. The molecule has 2 atom stereocenters. The van der Waals surface area contributed by atoms with Gasteiger partial charge in [0.2, 0.25) is 11.6 Å². The van der Waals surface area contributed by atoms with Gasteiger partial charge in [0, 0.05) is 26.0 Å². The fourth-order valence-corrected chi connectivity index (χ4v) is 3.11. The molecule has 0 saturated carbocycles. The second-order valence-electron chi connectivity index (χ2n) is 7.96. The number of carboxylic acid groups (broad SMARTS) is 4. The molecule has 0 heterocycles. The molecule has 12 heteroatoms. The standard InChI is InChI=1S/C20H31NO11/c1-12(2)10-13(16(24)25)21(3)11-20(19(30)31,8-4-6-14(22)17(26)27)32-9-5-7-15(23)18(28)29/h12-13H,4-11H2,1-3H3,(H,24,25)(H,26,27)(H,28,29)(H,30,31)/t13-,20+/m0/s1. The number of ether oxygens (including phenoxy) is 1. The van der Waals surface area contributed by atoms with E-state index in [1.807, 2.05) is 13.8 Å². The molecule has 4 N–H and O–H groups in total. The number of hydrogen-bond donors (Lipinski definition) is 4. The maximum absolute atomic E-state index is 12.2. The summed E-state index contributed by atoms with van der Waals surface area (Å²) in [7, 11) is 1.42. The molecule has 0 aromatic rings. The number of carboxylic acids is 4. The molecule has 0 rings (SSSR count). The van der Waals surface area contributed by atoms with Gasteiger partial charge in [-0.25, -0.2) is 14.4 Å². The van der Waals surface area contributed by atoms with Gasteiger partial charge in [0.05, 0.1) is 0 Å². The van der Waals surface area contributed by atoms with Crippen LogP contribution in [0.5, 0.6) is 0 Å². The SMILES string of the molecule is CC(C)C[C@@H](C(=O)O)N(C)C[C@@](CCCC(=O)C(=O)O)(OCCCC(=O)C(=O)O)C(=O)O. The third-order valence-corrected chi connectivity index (χ3v) is 4.79. The Kier molecular flexibility index (Phi) is 12.3. The third kappa shape index (κ3) is 9.96. The lowest BCUT2D eigenvalue weighted by atomic mass is 9.93. The van der Waals surface area contributed by atoms with Crippen molar-refractivity contribution in [2.75, 3.05) is 20.2 Å².